The van der Waals surface area contributed by atoms with Crippen LogP contribution in [-0.4, -0.2) is 35.9 Å². The van der Waals surface area contributed by atoms with Crippen LogP contribution in [0.1, 0.15) is 5.69 Å². The lowest BCUT2D eigenvalue weighted by atomic mass is 10.3. The average Bonchev–Trinajstić information content (AvgIpc) is 3.13. The van der Waals surface area contributed by atoms with Gasteiger partial charge >= 0.3 is 0 Å². The number of hydrogen-bond donors (Lipinski definition) is 2. The normalized spacial score (nSPS) is 10.8. The highest BCUT2D eigenvalue weighted by atomic mass is 35.5. The molecule has 2 heterocycles. The van der Waals surface area contributed by atoms with Crippen LogP contribution in [0, 0.1) is 6.92 Å². The van der Waals surface area contributed by atoms with E-state index < -0.39 is 0 Å². The van der Waals surface area contributed by atoms with Crippen LogP contribution in [-0.2, 0) is 0 Å². The maximum atomic E-state index is 12.7. The molecule has 0 unspecified atom stereocenters. The summed E-state index contributed by atoms with van der Waals surface area (Å²) in [6.07, 6.45) is 1.80. The standard InChI is InChI=1S/C19H16Cl2N8OS/c1-11-16(30)29(19(31-2)26-23-11)27-18-25-24-17(22-14-7-3-5-12(20)9-14)28(18)15-8-4-6-13(21)10-15/h3-10H,1-2H3,(H,22,24)(H,25,27). The fraction of sp³-hybridized carbons (Fsp3) is 0.105. The van der Waals surface area contributed by atoms with Gasteiger partial charge in [0, 0.05) is 15.7 Å². The molecule has 0 saturated heterocycles. The highest BCUT2D eigenvalue weighted by Crippen LogP contribution is 2.26. The van der Waals surface area contributed by atoms with E-state index in [2.05, 4.69) is 31.1 Å². The van der Waals surface area contributed by atoms with Gasteiger partial charge in [-0.2, -0.15) is 4.68 Å². The van der Waals surface area contributed by atoms with Gasteiger partial charge < -0.3 is 5.32 Å². The van der Waals surface area contributed by atoms with Crippen molar-refractivity contribution in [2.24, 2.45) is 0 Å². The van der Waals surface area contributed by atoms with Crippen LogP contribution in [0.2, 0.25) is 10.0 Å². The Hall–Kier alpha value is -3.08. The third-order valence-corrected chi connectivity index (χ3v) is 5.29. The molecule has 2 aromatic heterocycles. The summed E-state index contributed by atoms with van der Waals surface area (Å²) in [4.78, 5) is 12.7. The zero-order valence-corrected chi connectivity index (χ0v) is 18.7. The third kappa shape index (κ3) is 4.50. The first-order valence-electron chi connectivity index (χ1n) is 8.97. The Kier molecular flexibility index (Phi) is 6.12. The van der Waals surface area contributed by atoms with Gasteiger partial charge in [-0.1, -0.05) is 47.1 Å². The Morgan fingerprint density at radius 2 is 1.65 bits per heavy atom. The van der Waals surface area contributed by atoms with Crippen molar-refractivity contribution in [2.45, 2.75) is 12.1 Å². The summed E-state index contributed by atoms with van der Waals surface area (Å²) in [6.45, 7) is 1.59. The Bertz CT molecular complexity index is 1310. The summed E-state index contributed by atoms with van der Waals surface area (Å²) in [6, 6.07) is 14.4. The van der Waals surface area contributed by atoms with Gasteiger partial charge in [0.2, 0.25) is 17.1 Å². The van der Waals surface area contributed by atoms with E-state index in [1.807, 2.05) is 24.3 Å². The third-order valence-electron chi connectivity index (χ3n) is 4.19. The summed E-state index contributed by atoms with van der Waals surface area (Å²) < 4.78 is 2.97. The predicted octanol–water partition coefficient (Wildman–Crippen LogP) is 4.17. The largest absolute Gasteiger partial charge is 0.324 e. The molecule has 2 aromatic carbocycles. The minimum Gasteiger partial charge on any atom is -0.324 e. The van der Waals surface area contributed by atoms with Gasteiger partial charge in [-0.25, -0.2) is 4.57 Å². The van der Waals surface area contributed by atoms with Crippen molar-refractivity contribution in [1.82, 2.24) is 29.6 Å². The minimum absolute atomic E-state index is 0.247. The van der Waals surface area contributed by atoms with Crippen molar-refractivity contribution in [3.05, 3.63) is 74.6 Å². The molecule has 31 heavy (non-hydrogen) atoms. The first-order chi connectivity index (χ1) is 15.0. The molecule has 9 nitrogen and oxygen atoms in total. The number of nitrogens with one attached hydrogen (secondary N) is 2. The first-order valence-corrected chi connectivity index (χ1v) is 11.0. The molecule has 0 spiro atoms. The Labute approximate surface area is 191 Å². The summed E-state index contributed by atoms with van der Waals surface area (Å²) in [7, 11) is 0. The minimum atomic E-state index is -0.343. The molecule has 0 saturated carbocycles. The molecule has 0 aliphatic carbocycles. The number of hydrogen-bond acceptors (Lipinski definition) is 8. The van der Waals surface area contributed by atoms with Gasteiger partial charge in [-0.15, -0.1) is 20.4 Å². The van der Waals surface area contributed by atoms with Crippen LogP contribution >= 0.6 is 35.0 Å². The molecule has 0 bridgehead atoms. The lowest BCUT2D eigenvalue weighted by Crippen LogP contribution is -2.32. The van der Waals surface area contributed by atoms with Crippen LogP contribution in [0.3, 0.4) is 0 Å². The second-order valence-corrected chi connectivity index (χ2v) is 7.97. The van der Waals surface area contributed by atoms with Gasteiger partial charge in [0.25, 0.3) is 5.56 Å². The smallest absolute Gasteiger partial charge is 0.294 e. The summed E-state index contributed by atoms with van der Waals surface area (Å²) in [5.41, 5.74) is 4.30. The van der Waals surface area contributed by atoms with E-state index in [1.54, 1.807) is 42.0 Å². The number of thioether (sulfide) groups is 1. The van der Waals surface area contributed by atoms with Crippen molar-refractivity contribution in [1.29, 1.82) is 0 Å². The molecule has 2 N–H and O–H groups in total. The fourth-order valence-corrected chi connectivity index (χ4v) is 3.59. The quantitative estimate of drug-likeness (QED) is 0.401. The molecular formula is C19H16Cl2N8OS. The molecule has 0 aliphatic heterocycles. The van der Waals surface area contributed by atoms with E-state index >= 15 is 0 Å². The molecule has 0 fully saturated rings. The lowest BCUT2D eigenvalue weighted by molar-refractivity contribution is 0.661. The van der Waals surface area contributed by atoms with Crippen LogP contribution in [0.25, 0.3) is 5.69 Å². The van der Waals surface area contributed by atoms with Crippen molar-refractivity contribution in [3.8, 4) is 5.69 Å². The highest BCUT2D eigenvalue weighted by Gasteiger charge is 2.18. The van der Waals surface area contributed by atoms with Crippen LogP contribution in [0.15, 0.2) is 58.5 Å². The maximum absolute atomic E-state index is 12.7. The van der Waals surface area contributed by atoms with E-state index in [1.165, 1.54) is 16.4 Å². The number of nitrogens with zero attached hydrogens (tertiary/aromatic N) is 6. The highest BCUT2D eigenvalue weighted by molar-refractivity contribution is 7.98. The zero-order chi connectivity index (χ0) is 22.0. The van der Waals surface area contributed by atoms with Gasteiger partial charge in [0.05, 0.1) is 5.69 Å². The number of halogens is 2. The van der Waals surface area contributed by atoms with E-state index in [0.717, 1.165) is 5.69 Å². The van der Waals surface area contributed by atoms with Crippen molar-refractivity contribution in [3.63, 3.8) is 0 Å². The lowest BCUT2D eigenvalue weighted by Gasteiger charge is -2.15. The number of aryl methyl sites for hydroxylation is 1. The molecule has 4 rings (SSSR count). The SMILES string of the molecule is CSc1nnc(C)c(=O)n1Nc1nnc(Nc2cccc(Cl)c2)n1-c1cccc(Cl)c1. The molecule has 158 valence electrons. The van der Waals surface area contributed by atoms with Gasteiger partial charge in [-0.05, 0) is 49.6 Å². The Morgan fingerprint density at radius 3 is 2.35 bits per heavy atom. The zero-order valence-electron chi connectivity index (χ0n) is 16.4. The second kappa shape index (κ2) is 8.96. The maximum Gasteiger partial charge on any atom is 0.294 e. The van der Waals surface area contributed by atoms with Crippen molar-refractivity contribution >= 4 is 52.5 Å². The second-order valence-electron chi connectivity index (χ2n) is 6.32. The molecular weight excluding hydrogens is 459 g/mol. The fourth-order valence-electron chi connectivity index (χ4n) is 2.78. The van der Waals surface area contributed by atoms with Crippen LogP contribution < -0.4 is 16.3 Å². The van der Waals surface area contributed by atoms with Crippen LogP contribution in [0.5, 0.6) is 0 Å². The predicted molar refractivity (Wildman–Crippen MR) is 123 cm³/mol. The Morgan fingerprint density at radius 1 is 0.935 bits per heavy atom. The monoisotopic (exact) mass is 474 g/mol. The number of aromatic nitrogens is 6. The van der Waals surface area contributed by atoms with Gasteiger partial charge in [-0.3, -0.25) is 10.2 Å². The van der Waals surface area contributed by atoms with E-state index in [4.69, 9.17) is 23.2 Å². The number of anilines is 3. The topological polar surface area (TPSA) is 103 Å². The van der Waals surface area contributed by atoms with E-state index in [0.29, 0.717) is 26.8 Å². The first kappa shape index (κ1) is 21.2. The van der Waals surface area contributed by atoms with Gasteiger partial charge in [0.15, 0.2) is 0 Å². The summed E-state index contributed by atoms with van der Waals surface area (Å²) in [5.74, 6) is 0.668. The van der Waals surface area contributed by atoms with Crippen molar-refractivity contribution in [2.75, 3.05) is 17.0 Å². The van der Waals surface area contributed by atoms with Crippen LogP contribution in [0.4, 0.5) is 17.6 Å². The molecule has 4 aromatic rings. The number of benzene rings is 2. The van der Waals surface area contributed by atoms with E-state index in [-0.39, 0.29) is 17.2 Å². The molecule has 0 radical (unpaired) electrons. The number of rotatable bonds is 6. The summed E-state index contributed by atoms with van der Waals surface area (Å²) >= 11 is 13.6. The Balaban J connectivity index is 1.83. The molecule has 0 aliphatic rings. The van der Waals surface area contributed by atoms with Gasteiger partial charge in [0.1, 0.15) is 5.69 Å². The van der Waals surface area contributed by atoms with Crippen molar-refractivity contribution < 1.29 is 0 Å². The summed E-state index contributed by atoms with van der Waals surface area (Å²) in [5, 5.41) is 21.1. The molecule has 0 amide bonds. The van der Waals surface area contributed by atoms with E-state index in [9.17, 15) is 4.79 Å². The molecule has 12 heteroatoms. The molecule has 0 atom stereocenters. The average molecular weight is 475 g/mol.